The minimum atomic E-state index is -0.437. The molecule has 5 nitrogen and oxygen atoms in total. The summed E-state index contributed by atoms with van der Waals surface area (Å²) in [5.74, 6) is 0. The zero-order valence-corrected chi connectivity index (χ0v) is 9.71. The summed E-state index contributed by atoms with van der Waals surface area (Å²) in [6.45, 7) is 2.81. The Labute approximate surface area is 99.0 Å². The average Bonchev–Trinajstić information content (AvgIpc) is 2.26. The van der Waals surface area contributed by atoms with E-state index >= 15 is 0 Å². The van der Waals surface area contributed by atoms with Gasteiger partial charge in [0.05, 0.1) is 4.92 Å². The Morgan fingerprint density at radius 1 is 1.56 bits per heavy atom. The zero-order valence-electron chi connectivity index (χ0n) is 8.90. The first kappa shape index (κ1) is 12.4. The van der Waals surface area contributed by atoms with E-state index in [9.17, 15) is 10.1 Å². The largest absolute Gasteiger partial charge is 0.362 e. The molecule has 0 spiro atoms. The van der Waals surface area contributed by atoms with Crippen molar-refractivity contribution in [1.82, 2.24) is 5.32 Å². The fourth-order valence-corrected chi connectivity index (χ4v) is 1.33. The fraction of sp³-hybridized carbons (Fsp3) is 0.300. The van der Waals surface area contributed by atoms with E-state index < -0.39 is 4.92 Å². The van der Waals surface area contributed by atoms with Crippen molar-refractivity contribution >= 4 is 28.7 Å². The summed E-state index contributed by atoms with van der Waals surface area (Å²) in [7, 11) is 0. The van der Waals surface area contributed by atoms with E-state index in [0.717, 1.165) is 13.0 Å². The summed E-state index contributed by atoms with van der Waals surface area (Å²) in [4.78, 5) is 10.1. The lowest BCUT2D eigenvalue weighted by Gasteiger charge is -2.08. The number of benzene rings is 1. The highest BCUT2D eigenvalue weighted by Gasteiger charge is 2.05. The van der Waals surface area contributed by atoms with Crippen LogP contribution in [-0.2, 0) is 0 Å². The number of thiocarbonyl (C=S) groups is 1. The summed E-state index contributed by atoms with van der Waals surface area (Å²) < 4.78 is 0. The van der Waals surface area contributed by atoms with Gasteiger partial charge in [0.15, 0.2) is 5.11 Å². The van der Waals surface area contributed by atoms with E-state index in [2.05, 4.69) is 10.6 Å². The molecule has 1 rings (SSSR count). The van der Waals surface area contributed by atoms with Crippen LogP contribution < -0.4 is 10.6 Å². The number of nitro benzene ring substituents is 1. The molecule has 0 saturated heterocycles. The van der Waals surface area contributed by atoms with Crippen molar-refractivity contribution in [2.24, 2.45) is 0 Å². The van der Waals surface area contributed by atoms with E-state index in [0.29, 0.717) is 10.8 Å². The van der Waals surface area contributed by atoms with Gasteiger partial charge in [-0.05, 0) is 24.7 Å². The van der Waals surface area contributed by atoms with E-state index in [1.165, 1.54) is 12.1 Å². The minimum Gasteiger partial charge on any atom is -0.362 e. The lowest BCUT2D eigenvalue weighted by Crippen LogP contribution is -2.28. The van der Waals surface area contributed by atoms with E-state index in [1.807, 2.05) is 6.92 Å². The highest BCUT2D eigenvalue weighted by molar-refractivity contribution is 7.80. The summed E-state index contributed by atoms with van der Waals surface area (Å²) >= 11 is 5.02. The standard InChI is InChI=1S/C10H13N3O2S/c1-2-6-11-10(16)12-8-4-3-5-9(7-8)13(14)15/h3-5,7H,2,6H2,1H3,(H2,11,12,16). The molecule has 16 heavy (non-hydrogen) atoms. The van der Waals surface area contributed by atoms with Crippen LogP contribution in [0.15, 0.2) is 24.3 Å². The van der Waals surface area contributed by atoms with Crippen LogP contribution in [0, 0.1) is 10.1 Å². The molecule has 0 fully saturated rings. The molecule has 0 unspecified atom stereocenters. The molecule has 1 aromatic rings. The second-order valence-corrected chi connectivity index (χ2v) is 3.60. The maximum atomic E-state index is 10.5. The molecule has 0 aliphatic carbocycles. The Kier molecular flexibility index (Phi) is 4.65. The summed E-state index contributed by atoms with van der Waals surface area (Å²) in [5, 5.41) is 16.9. The molecular formula is C10H13N3O2S. The predicted molar refractivity (Wildman–Crippen MR) is 67.6 cm³/mol. The summed E-state index contributed by atoms with van der Waals surface area (Å²) in [6.07, 6.45) is 0.969. The Balaban J connectivity index is 2.63. The van der Waals surface area contributed by atoms with E-state index in [4.69, 9.17) is 12.2 Å². The third kappa shape index (κ3) is 3.82. The number of hydrogen-bond acceptors (Lipinski definition) is 3. The SMILES string of the molecule is CCCNC(=S)Nc1cccc([N+](=O)[O-])c1. The summed E-state index contributed by atoms with van der Waals surface area (Å²) in [5.41, 5.74) is 0.658. The predicted octanol–water partition coefficient (Wildman–Crippen LogP) is 2.29. The number of non-ortho nitro benzene ring substituents is 1. The molecule has 1 aromatic carbocycles. The Bertz CT molecular complexity index is 395. The topological polar surface area (TPSA) is 67.2 Å². The normalized spacial score (nSPS) is 9.56. The molecule has 0 aliphatic rings. The molecule has 0 radical (unpaired) electrons. The van der Waals surface area contributed by atoms with E-state index in [-0.39, 0.29) is 5.69 Å². The average molecular weight is 239 g/mol. The van der Waals surface area contributed by atoms with Crippen LogP contribution in [0.1, 0.15) is 13.3 Å². The third-order valence-corrected chi connectivity index (χ3v) is 2.10. The fourth-order valence-electron chi connectivity index (χ4n) is 1.11. The maximum absolute atomic E-state index is 10.5. The van der Waals surface area contributed by atoms with Crippen LogP contribution in [0.2, 0.25) is 0 Å². The van der Waals surface area contributed by atoms with Gasteiger partial charge in [0.1, 0.15) is 0 Å². The Morgan fingerprint density at radius 2 is 2.31 bits per heavy atom. The van der Waals surface area contributed by atoms with E-state index in [1.54, 1.807) is 12.1 Å². The van der Waals surface area contributed by atoms with Crippen LogP contribution in [0.25, 0.3) is 0 Å². The van der Waals surface area contributed by atoms with Crippen molar-refractivity contribution in [3.63, 3.8) is 0 Å². The van der Waals surface area contributed by atoms with Crippen LogP contribution in [0.5, 0.6) is 0 Å². The smallest absolute Gasteiger partial charge is 0.271 e. The number of nitrogens with one attached hydrogen (secondary N) is 2. The molecule has 86 valence electrons. The molecule has 2 N–H and O–H groups in total. The monoisotopic (exact) mass is 239 g/mol. The molecule has 6 heteroatoms. The number of anilines is 1. The zero-order chi connectivity index (χ0) is 12.0. The lowest BCUT2D eigenvalue weighted by molar-refractivity contribution is -0.384. The number of rotatable bonds is 4. The van der Waals surface area contributed by atoms with Crippen molar-refractivity contribution in [3.05, 3.63) is 34.4 Å². The van der Waals surface area contributed by atoms with Crippen LogP contribution >= 0.6 is 12.2 Å². The van der Waals surface area contributed by atoms with Gasteiger partial charge in [0.25, 0.3) is 5.69 Å². The van der Waals surface area contributed by atoms with Gasteiger partial charge in [-0.1, -0.05) is 13.0 Å². The molecule has 0 aromatic heterocycles. The Morgan fingerprint density at radius 3 is 2.94 bits per heavy atom. The van der Waals surface area contributed by atoms with Crippen molar-refractivity contribution < 1.29 is 4.92 Å². The van der Waals surface area contributed by atoms with Gasteiger partial charge in [-0.2, -0.15) is 0 Å². The quantitative estimate of drug-likeness (QED) is 0.479. The second kappa shape index (κ2) is 6.02. The minimum absolute atomic E-state index is 0.0447. The van der Waals surface area contributed by atoms with Crippen LogP contribution in [0.4, 0.5) is 11.4 Å². The molecule has 0 aliphatic heterocycles. The van der Waals surface area contributed by atoms with Crippen molar-refractivity contribution in [3.8, 4) is 0 Å². The number of nitrogens with zero attached hydrogens (tertiary/aromatic N) is 1. The number of hydrogen-bond donors (Lipinski definition) is 2. The number of nitro groups is 1. The first-order valence-corrected chi connectivity index (χ1v) is 5.33. The molecule has 0 atom stereocenters. The second-order valence-electron chi connectivity index (χ2n) is 3.19. The highest BCUT2D eigenvalue weighted by Crippen LogP contribution is 2.16. The van der Waals surface area contributed by atoms with Crippen molar-refractivity contribution in [2.75, 3.05) is 11.9 Å². The molecule has 0 saturated carbocycles. The van der Waals surface area contributed by atoms with Gasteiger partial charge in [-0.15, -0.1) is 0 Å². The lowest BCUT2D eigenvalue weighted by atomic mass is 10.3. The van der Waals surface area contributed by atoms with Crippen molar-refractivity contribution in [1.29, 1.82) is 0 Å². The van der Waals surface area contributed by atoms with Crippen molar-refractivity contribution in [2.45, 2.75) is 13.3 Å². The third-order valence-electron chi connectivity index (χ3n) is 1.85. The van der Waals surface area contributed by atoms with Gasteiger partial charge in [-0.25, -0.2) is 0 Å². The molecular weight excluding hydrogens is 226 g/mol. The maximum Gasteiger partial charge on any atom is 0.271 e. The molecule has 0 heterocycles. The first-order valence-electron chi connectivity index (χ1n) is 4.92. The van der Waals surface area contributed by atoms with Gasteiger partial charge < -0.3 is 10.6 Å². The summed E-state index contributed by atoms with van der Waals surface area (Å²) in [6, 6.07) is 6.23. The Hall–Kier alpha value is -1.69. The first-order chi connectivity index (χ1) is 7.63. The molecule has 0 bridgehead atoms. The highest BCUT2D eigenvalue weighted by atomic mass is 32.1. The van der Waals surface area contributed by atoms with Gasteiger partial charge >= 0.3 is 0 Å². The van der Waals surface area contributed by atoms with Gasteiger partial charge in [0.2, 0.25) is 0 Å². The van der Waals surface area contributed by atoms with Gasteiger partial charge in [-0.3, -0.25) is 10.1 Å². The van der Waals surface area contributed by atoms with Gasteiger partial charge in [0, 0.05) is 24.4 Å². The van der Waals surface area contributed by atoms with Crippen LogP contribution in [0.3, 0.4) is 0 Å². The molecule has 0 amide bonds. The van der Waals surface area contributed by atoms with Crippen LogP contribution in [-0.4, -0.2) is 16.6 Å².